The number of carbonyl (C=O) groups excluding carboxylic acids is 1. The van der Waals surface area contributed by atoms with E-state index in [9.17, 15) is 9.90 Å². The molecule has 156 valence electrons. The van der Waals surface area contributed by atoms with E-state index in [0.717, 1.165) is 5.56 Å². The van der Waals surface area contributed by atoms with Crippen LogP contribution in [0.2, 0.25) is 5.02 Å². The van der Waals surface area contributed by atoms with Gasteiger partial charge in [0.25, 0.3) is 5.91 Å². The zero-order chi connectivity index (χ0) is 21.0. The number of amides is 1. The molecule has 1 N–H and O–H groups in total. The molecule has 0 aliphatic carbocycles. The van der Waals surface area contributed by atoms with Crippen molar-refractivity contribution >= 4 is 17.5 Å². The number of carbonyl (C=O) groups is 1. The lowest BCUT2D eigenvalue weighted by Crippen LogP contribution is -2.49. The van der Waals surface area contributed by atoms with Crippen molar-refractivity contribution in [2.24, 2.45) is 0 Å². The Morgan fingerprint density at radius 2 is 1.83 bits per heavy atom. The van der Waals surface area contributed by atoms with E-state index < -0.39 is 12.1 Å². The molecule has 3 rings (SSSR count). The van der Waals surface area contributed by atoms with Crippen molar-refractivity contribution in [1.82, 2.24) is 4.90 Å². The van der Waals surface area contributed by atoms with E-state index in [1.807, 2.05) is 6.07 Å². The molecule has 1 amide bonds. The first kappa shape index (κ1) is 21.2. The molecule has 1 fully saturated rings. The van der Waals surface area contributed by atoms with E-state index in [2.05, 4.69) is 0 Å². The normalized spacial score (nSPS) is 19.0. The summed E-state index contributed by atoms with van der Waals surface area (Å²) in [7, 11) is 4.59. The number of benzene rings is 2. The number of methoxy groups -OCH3 is 3. The van der Waals surface area contributed by atoms with Gasteiger partial charge in [0.2, 0.25) is 0 Å². The Morgan fingerprint density at radius 1 is 1.10 bits per heavy atom. The minimum atomic E-state index is -0.580. The molecule has 0 saturated carbocycles. The second kappa shape index (κ2) is 9.35. The molecule has 0 unspecified atom stereocenters. The van der Waals surface area contributed by atoms with Gasteiger partial charge >= 0.3 is 0 Å². The molecular formula is C21H24ClNO6. The molecule has 0 aromatic heterocycles. The highest BCUT2D eigenvalue weighted by Gasteiger charge is 2.37. The predicted octanol–water partition coefficient (Wildman–Crippen LogP) is 2.94. The molecule has 1 saturated heterocycles. The van der Waals surface area contributed by atoms with Crippen molar-refractivity contribution in [3.63, 3.8) is 0 Å². The number of halogens is 1. The topological polar surface area (TPSA) is 77.5 Å². The van der Waals surface area contributed by atoms with Crippen LogP contribution in [-0.4, -0.2) is 63.1 Å². The first-order valence-corrected chi connectivity index (χ1v) is 9.50. The molecule has 29 heavy (non-hydrogen) atoms. The summed E-state index contributed by atoms with van der Waals surface area (Å²) in [6.45, 7) is 0.442. The Morgan fingerprint density at radius 3 is 2.48 bits per heavy atom. The van der Waals surface area contributed by atoms with Gasteiger partial charge in [-0.1, -0.05) is 17.7 Å². The maximum Gasteiger partial charge on any atom is 0.258 e. The van der Waals surface area contributed by atoms with Gasteiger partial charge in [-0.05, 0) is 35.9 Å². The van der Waals surface area contributed by atoms with Crippen LogP contribution in [0.15, 0.2) is 36.4 Å². The average molecular weight is 422 g/mol. The fourth-order valence-corrected chi connectivity index (χ4v) is 3.70. The molecule has 2 aromatic carbocycles. The van der Waals surface area contributed by atoms with E-state index in [1.165, 1.54) is 7.11 Å². The van der Waals surface area contributed by atoms with E-state index in [0.29, 0.717) is 41.0 Å². The second-order valence-corrected chi connectivity index (χ2v) is 6.93. The van der Waals surface area contributed by atoms with Crippen LogP contribution in [-0.2, 0) is 4.74 Å². The smallest absolute Gasteiger partial charge is 0.258 e. The second-order valence-electron chi connectivity index (χ2n) is 6.49. The maximum atomic E-state index is 13.4. The van der Waals surface area contributed by atoms with Crippen molar-refractivity contribution in [2.75, 3.05) is 41.1 Å². The fourth-order valence-electron chi connectivity index (χ4n) is 3.54. The Labute approximate surface area is 174 Å². The molecule has 2 atom stereocenters. The maximum absolute atomic E-state index is 13.4. The van der Waals surface area contributed by atoms with E-state index >= 15 is 0 Å². The first-order valence-electron chi connectivity index (χ1n) is 9.13. The van der Waals surface area contributed by atoms with Gasteiger partial charge in [0.05, 0.1) is 46.1 Å². The van der Waals surface area contributed by atoms with Gasteiger partial charge in [-0.3, -0.25) is 4.79 Å². The monoisotopic (exact) mass is 421 g/mol. The lowest BCUT2D eigenvalue weighted by Gasteiger charge is -2.41. The fraction of sp³-hybridized carbons (Fsp3) is 0.381. The molecular weight excluding hydrogens is 398 g/mol. The van der Waals surface area contributed by atoms with E-state index in [1.54, 1.807) is 49.5 Å². The molecule has 0 spiro atoms. The van der Waals surface area contributed by atoms with E-state index in [4.69, 9.17) is 30.5 Å². The highest BCUT2D eigenvalue weighted by Crippen LogP contribution is 2.37. The number of hydrogen-bond donors (Lipinski definition) is 1. The lowest BCUT2D eigenvalue weighted by atomic mass is 9.96. The summed E-state index contributed by atoms with van der Waals surface area (Å²) in [4.78, 5) is 15.1. The molecule has 8 heteroatoms. The number of nitrogens with zero attached hydrogens (tertiary/aromatic N) is 1. The minimum absolute atomic E-state index is 0.236. The van der Waals surface area contributed by atoms with Crippen molar-refractivity contribution in [1.29, 1.82) is 0 Å². The van der Waals surface area contributed by atoms with Crippen molar-refractivity contribution in [3.05, 3.63) is 52.5 Å². The van der Waals surface area contributed by atoms with Gasteiger partial charge in [-0.25, -0.2) is 0 Å². The third-order valence-corrected chi connectivity index (χ3v) is 5.17. The number of hydrogen-bond acceptors (Lipinski definition) is 6. The molecule has 0 radical (unpaired) electrons. The number of aliphatic hydroxyl groups excluding tert-OH is 1. The summed E-state index contributed by atoms with van der Waals surface area (Å²) in [6, 6.07) is 9.77. The average Bonchev–Trinajstić information content (AvgIpc) is 2.77. The third-order valence-electron chi connectivity index (χ3n) is 4.94. The molecule has 1 heterocycles. The Balaban J connectivity index is 2.03. The quantitative estimate of drug-likeness (QED) is 0.772. The molecule has 0 bridgehead atoms. The highest BCUT2D eigenvalue weighted by atomic mass is 35.5. The summed E-state index contributed by atoms with van der Waals surface area (Å²) in [6.07, 6.45) is -0.580. The zero-order valence-corrected chi connectivity index (χ0v) is 17.3. The van der Waals surface area contributed by atoms with Crippen LogP contribution < -0.4 is 14.2 Å². The molecule has 1 aliphatic heterocycles. The largest absolute Gasteiger partial charge is 0.496 e. The minimum Gasteiger partial charge on any atom is -0.496 e. The lowest BCUT2D eigenvalue weighted by molar-refractivity contribution is -0.0812. The Bertz CT molecular complexity index is 874. The van der Waals surface area contributed by atoms with Crippen LogP contribution >= 0.6 is 11.6 Å². The number of rotatable bonds is 6. The number of aliphatic hydroxyl groups is 1. The van der Waals surface area contributed by atoms with Crippen LogP contribution in [0.3, 0.4) is 0 Å². The predicted molar refractivity (Wildman–Crippen MR) is 108 cm³/mol. The van der Waals surface area contributed by atoms with Crippen molar-refractivity contribution in [2.45, 2.75) is 12.1 Å². The van der Waals surface area contributed by atoms with Gasteiger partial charge in [-0.2, -0.15) is 0 Å². The molecule has 1 aliphatic rings. The number of morpholine rings is 1. The van der Waals surface area contributed by atoms with Crippen LogP contribution in [0.25, 0.3) is 0 Å². The number of ether oxygens (including phenoxy) is 4. The standard InChI is InChI=1S/C21H24ClNO6/c1-26-16-7-4-13(10-18(16)28-3)20-19(12-24)29-9-8-23(20)21(25)15-6-5-14(22)11-17(15)27-2/h4-7,10-11,19-20,24H,8-9,12H2,1-3H3/t19-,20-/m1/s1. The summed E-state index contributed by atoms with van der Waals surface area (Å²) < 4.78 is 21.8. The molecule has 7 nitrogen and oxygen atoms in total. The highest BCUT2D eigenvalue weighted by molar-refractivity contribution is 6.30. The van der Waals surface area contributed by atoms with Gasteiger partial charge in [0.1, 0.15) is 11.9 Å². The van der Waals surface area contributed by atoms with Crippen LogP contribution in [0, 0.1) is 0 Å². The van der Waals surface area contributed by atoms with Gasteiger partial charge in [0, 0.05) is 11.6 Å². The summed E-state index contributed by atoms with van der Waals surface area (Å²) in [5.74, 6) is 1.26. The molecule has 2 aromatic rings. The Hall–Kier alpha value is -2.48. The van der Waals surface area contributed by atoms with Gasteiger partial charge in [0.15, 0.2) is 11.5 Å². The summed E-state index contributed by atoms with van der Waals surface area (Å²) in [5, 5.41) is 10.4. The zero-order valence-electron chi connectivity index (χ0n) is 16.6. The van der Waals surface area contributed by atoms with Crippen LogP contribution in [0.4, 0.5) is 0 Å². The van der Waals surface area contributed by atoms with Gasteiger partial charge < -0.3 is 29.0 Å². The van der Waals surface area contributed by atoms with Crippen molar-refractivity contribution in [3.8, 4) is 17.2 Å². The third kappa shape index (κ3) is 4.27. The SMILES string of the molecule is COc1ccc([C@@H]2[C@@H](CO)OCCN2C(=O)c2ccc(Cl)cc2OC)cc1OC. The summed E-state index contributed by atoms with van der Waals surface area (Å²) in [5.41, 5.74) is 1.16. The van der Waals surface area contributed by atoms with E-state index in [-0.39, 0.29) is 12.5 Å². The van der Waals surface area contributed by atoms with Gasteiger partial charge in [-0.15, -0.1) is 0 Å². The first-order chi connectivity index (χ1) is 14.0. The summed E-state index contributed by atoms with van der Waals surface area (Å²) >= 11 is 6.03. The van der Waals surface area contributed by atoms with Crippen LogP contribution in [0.1, 0.15) is 22.0 Å². The van der Waals surface area contributed by atoms with Crippen molar-refractivity contribution < 1.29 is 28.8 Å². The Kier molecular flexibility index (Phi) is 6.84. The van der Waals surface area contributed by atoms with Crippen LogP contribution in [0.5, 0.6) is 17.2 Å².